The fourth-order valence-electron chi connectivity index (χ4n) is 3.41. The lowest BCUT2D eigenvalue weighted by Gasteiger charge is -2.17. The van der Waals surface area contributed by atoms with Crippen molar-refractivity contribution in [3.05, 3.63) is 71.0 Å². The van der Waals surface area contributed by atoms with Gasteiger partial charge in [-0.2, -0.15) is 0 Å². The molecule has 0 aromatic heterocycles. The van der Waals surface area contributed by atoms with E-state index in [-0.39, 0.29) is 30.1 Å². The monoisotopic (exact) mass is 443 g/mol. The largest absolute Gasteiger partial charge is 0.498 e. The lowest BCUT2D eigenvalue weighted by Crippen LogP contribution is -2.26. The average Bonchev–Trinajstić information content (AvgIpc) is 3.10. The van der Waals surface area contributed by atoms with Gasteiger partial charge in [0.2, 0.25) is 0 Å². The molecule has 2 aromatic rings. The second-order valence-electron chi connectivity index (χ2n) is 6.98. The van der Waals surface area contributed by atoms with E-state index in [9.17, 15) is 9.59 Å². The smallest absolute Gasteiger partial charge is 0.305 e. The molecule has 1 aliphatic rings. The first-order valence-corrected chi connectivity index (χ1v) is 9.64. The number of ether oxygens (including phenoxy) is 2. The van der Waals surface area contributed by atoms with Crippen LogP contribution in [-0.2, 0) is 25.5 Å². The molecule has 0 saturated heterocycles. The topological polar surface area (TPSA) is 106 Å². The van der Waals surface area contributed by atoms with E-state index in [0.29, 0.717) is 42.0 Å². The number of rotatable bonds is 8. The number of halogens is 1. The highest BCUT2D eigenvalue weighted by Crippen LogP contribution is 2.32. The summed E-state index contributed by atoms with van der Waals surface area (Å²) >= 11 is 0. The summed E-state index contributed by atoms with van der Waals surface area (Å²) in [6.45, 7) is 0.338. The molecule has 7 nitrogen and oxygen atoms in total. The van der Waals surface area contributed by atoms with E-state index in [1.54, 1.807) is 36.3 Å². The summed E-state index contributed by atoms with van der Waals surface area (Å²) in [5, 5.41) is 7.50. The predicted molar refractivity (Wildman–Crippen MR) is 122 cm³/mol. The summed E-state index contributed by atoms with van der Waals surface area (Å²) in [7, 11) is 2.95. The SMILES string of the molecule is COC(=O)CCCc1ccc(C2=C(OC)CN(c3ccc(C(=N)N)cc3)C2=O)cc1.Cl. The van der Waals surface area contributed by atoms with Crippen molar-refractivity contribution in [3.63, 3.8) is 0 Å². The lowest BCUT2D eigenvalue weighted by molar-refractivity contribution is -0.140. The van der Waals surface area contributed by atoms with E-state index < -0.39 is 0 Å². The van der Waals surface area contributed by atoms with Crippen molar-refractivity contribution in [1.82, 2.24) is 0 Å². The number of hydrogen-bond donors (Lipinski definition) is 2. The molecule has 1 aliphatic heterocycles. The highest BCUT2D eigenvalue weighted by molar-refractivity contribution is 6.29. The molecule has 0 radical (unpaired) electrons. The molecule has 0 bridgehead atoms. The van der Waals surface area contributed by atoms with Crippen LogP contribution in [0.2, 0.25) is 0 Å². The zero-order chi connectivity index (χ0) is 21.7. The molecule has 8 heteroatoms. The highest BCUT2D eigenvalue weighted by atomic mass is 35.5. The van der Waals surface area contributed by atoms with Gasteiger partial charge in [0.05, 0.1) is 26.3 Å². The number of benzene rings is 2. The number of methoxy groups -OCH3 is 2. The van der Waals surface area contributed by atoms with Crippen molar-refractivity contribution in [3.8, 4) is 0 Å². The van der Waals surface area contributed by atoms with Gasteiger partial charge in [0, 0.05) is 17.7 Å². The zero-order valence-electron chi connectivity index (χ0n) is 17.5. The van der Waals surface area contributed by atoms with Gasteiger partial charge in [-0.25, -0.2) is 0 Å². The van der Waals surface area contributed by atoms with Gasteiger partial charge < -0.3 is 20.1 Å². The summed E-state index contributed by atoms with van der Waals surface area (Å²) < 4.78 is 10.2. The number of nitrogens with two attached hydrogens (primary N) is 1. The van der Waals surface area contributed by atoms with Crippen LogP contribution in [0.5, 0.6) is 0 Å². The molecule has 3 N–H and O–H groups in total. The van der Waals surface area contributed by atoms with Crippen LogP contribution in [0, 0.1) is 5.41 Å². The Morgan fingerprint density at radius 3 is 2.29 bits per heavy atom. The Hall–Kier alpha value is -3.32. The Labute approximate surface area is 187 Å². The Morgan fingerprint density at radius 1 is 1.10 bits per heavy atom. The van der Waals surface area contributed by atoms with Gasteiger partial charge >= 0.3 is 5.97 Å². The van der Waals surface area contributed by atoms with E-state index in [1.165, 1.54) is 7.11 Å². The van der Waals surface area contributed by atoms with Crippen LogP contribution >= 0.6 is 12.4 Å². The van der Waals surface area contributed by atoms with E-state index in [2.05, 4.69) is 4.74 Å². The third-order valence-electron chi connectivity index (χ3n) is 5.09. The minimum absolute atomic E-state index is 0. The van der Waals surface area contributed by atoms with Gasteiger partial charge in [0.15, 0.2) is 0 Å². The first-order valence-electron chi connectivity index (χ1n) is 9.64. The van der Waals surface area contributed by atoms with Gasteiger partial charge in [0.25, 0.3) is 5.91 Å². The molecule has 2 aromatic carbocycles. The molecule has 0 aliphatic carbocycles. The summed E-state index contributed by atoms with van der Waals surface area (Å²) in [6.07, 6.45) is 1.85. The molecule has 0 fully saturated rings. The molecular weight excluding hydrogens is 418 g/mol. The number of amides is 1. The molecule has 164 valence electrons. The summed E-state index contributed by atoms with van der Waals surface area (Å²) in [5.74, 6) is 0.238. The number of nitrogens with one attached hydrogen (secondary N) is 1. The van der Waals surface area contributed by atoms with Crippen molar-refractivity contribution in [2.24, 2.45) is 5.73 Å². The number of carbonyl (C=O) groups is 2. The van der Waals surface area contributed by atoms with Gasteiger partial charge in [-0.3, -0.25) is 15.0 Å². The maximum absolute atomic E-state index is 13.1. The van der Waals surface area contributed by atoms with Gasteiger partial charge in [-0.1, -0.05) is 24.3 Å². The number of anilines is 1. The normalized spacial score (nSPS) is 13.1. The third kappa shape index (κ3) is 5.44. The summed E-state index contributed by atoms with van der Waals surface area (Å²) in [5.41, 5.74) is 9.24. The minimum atomic E-state index is -0.213. The van der Waals surface area contributed by atoms with Crippen LogP contribution in [0.1, 0.15) is 29.5 Å². The lowest BCUT2D eigenvalue weighted by atomic mass is 10.0. The molecule has 31 heavy (non-hydrogen) atoms. The number of nitrogens with zero attached hydrogens (tertiary/aromatic N) is 1. The zero-order valence-corrected chi connectivity index (χ0v) is 18.3. The first kappa shape index (κ1) is 24.0. The number of amidine groups is 1. The van der Waals surface area contributed by atoms with Crippen LogP contribution in [-0.4, -0.2) is 38.5 Å². The quantitative estimate of drug-likeness (QED) is 0.370. The van der Waals surface area contributed by atoms with Crippen molar-refractivity contribution in [1.29, 1.82) is 5.41 Å². The second kappa shape index (κ2) is 10.6. The van der Waals surface area contributed by atoms with E-state index in [4.69, 9.17) is 15.9 Å². The molecule has 1 amide bonds. The molecule has 1 heterocycles. The van der Waals surface area contributed by atoms with Gasteiger partial charge in [-0.05, 0) is 48.2 Å². The Morgan fingerprint density at radius 2 is 1.74 bits per heavy atom. The Kier molecular flexibility index (Phi) is 8.22. The maximum Gasteiger partial charge on any atom is 0.305 e. The summed E-state index contributed by atoms with van der Waals surface area (Å²) in [4.78, 5) is 26.0. The molecule has 0 unspecified atom stereocenters. The fourth-order valence-corrected chi connectivity index (χ4v) is 3.41. The number of carbonyl (C=O) groups excluding carboxylic acids is 2. The Bertz CT molecular complexity index is 985. The molecular formula is C23H26ClN3O4. The van der Waals surface area contributed by atoms with Crippen LogP contribution in [0.3, 0.4) is 0 Å². The summed E-state index contributed by atoms with van der Waals surface area (Å²) in [6, 6.07) is 14.7. The first-order chi connectivity index (χ1) is 14.4. The number of hydrogen-bond acceptors (Lipinski definition) is 5. The van der Waals surface area contributed by atoms with Crippen molar-refractivity contribution >= 4 is 41.4 Å². The van der Waals surface area contributed by atoms with Crippen LogP contribution < -0.4 is 10.6 Å². The number of aryl methyl sites for hydroxylation is 1. The molecule has 0 saturated carbocycles. The third-order valence-corrected chi connectivity index (χ3v) is 5.09. The van der Waals surface area contributed by atoms with E-state index in [0.717, 1.165) is 17.5 Å². The van der Waals surface area contributed by atoms with E-state index >= 15 is 0 Å². The van der Waals surface area contributed by atoms with Crippen molar-refractivity contribution in [2.75, 3.05) is 25.7 Å². The standard InChI is InChI=1S/C23H25N3O4.ClH/c1-29-19-14-26(18-12-10-17(11-13-18)22(24)25)23(28)21(19)16-8-6-15(7-9-16)4-3-5-20(27)30-2;/h6-13H,3-5,14H2,1-2H3,(H3,24,25);1H. The second-order valence-corrected chi connectivity index (χ2v) is 6.98. The van der Waals surface area contributed by atoms with Crippen molar-refractivity contribution in [2.45, 2.75) is 19.3 Å². The number of esters is 1. The van der Waals surface area contributed by atoms with Crippen LogP contribution in [0.4, 0.5) is 5.69 Å². The average molecular weight is 444 g/mol. The number of nitrogen functional groups attached to an aromatic ring is 1. The van der Waals surface area contributed by atoms with Crippen LogP contribution in [0.25, 0.3) is 5.57 Å². The van der Waals surface area contributed by atoms with Crippen LogP contribution in [0.15, 0.2) is 54.3 Å². The maximum atomic E-state index is 13.1. The Balaban J connectivity index is 0.00000341. The molecule has 0 spiro atoms. The van der Waals surface area contributed by atoms with E-state index in [1.807, 2.05) is 24.3 Å². The van der Waals surface area contributed by atoms with Gasteiger partial charge in [-0.15, -0.1) is 12.4 Å². The molecule has 3 rings (SSSR count). The minimum Gasteiger partial charge on any atom is -0.498 e. The van der Waals surface area contributed by atoms with Gasteiger partial charge in [0.1, 0.15) is 11.6 Å². The highest BCUT2D eigenvalue weighted by Gasteiger charge is 2.33. The fraction of sp³-hybridized carbons (Fsp3) is 0.261. The predicted octanol–water partition coefficient (Wildman–Crippen LogP) is 3.29. The van der Waals surface area contributed by atoms with Crippen molar-refractivity contribution < 1.29 is 19.1 Å². The molecule has 0 atom stereocenters.